The number of rotatable bonds is 14. The Morgan fingerprint density at radius 3 is 2.12 bits per heavy atom. The number of unbranched alkanes of at least 4 members (excludes halogenated alkanes) is 3. The summed E-state index contributed by atoms with van der Waals surface area (Å²) in [6.45, 7) is 15.1. The molecule has 0 bridgehead atoms. The summed E-state index contributed by atoms with van der Waals surface area (Å²) in [6, 6.07) is 1.21. The molecule has 0 saturated carbocycles. The standard InChI is InChI=1S/C19H41N3O2/c1-7-17(6)22-18(15(2)3)14-24-19(23)21-13-11-9-8-10-12-20-16(4)5/h15-18,20,22H,7-14H2,1-6H3,(H,21,23)/t17?,18-/m0/s1. The summed E-state index contributed by atoms with van der Waals surface area (Å²) in [5.74, 6) is 0.436. The van der Waals surface area contributed by atoms with Crippen molar-refractivity contribution in [2.24, 2.45) is 5.92 Å². The minimum absolute atomic E-state index is 0.208. The summed E-state index contributed by atoms with van der Waals surface area (Å²) in [4.78, 5) is 11.8. The van der Waals surface area contributed by atoms with Crippen LogP contribution in [0.2, 0.25) is 0 Å². The summed E-state index contributed by atoms with van der Waals surface area (Å²) >= 11 is 0. The third kappa shape index (κ3) is 13.6. The van der Waals surface area contributed by atoms with E-state index in [2.05, 4.69) is 57.5 Å². The minimum Gasteiger partial charge on any atom is -0.448 e. The van der Waals surface area contributed by atoms with Gasteiger partial charge in [0.25, 0.3) is 0 Å². The van der Waals surface area contributed by atoms with Crippen LogP contribution in [0.3, 0.4) is 0 Å². The fourth-order valence-electron chi connectivity index (χ4n) is 2.32. The van der Waals surface area contributed by atoms with E-state index in [0.717, 1.165) is 25.8 Å². The van der Waals surface area contributed by atoms with Crippen molar-refractivity contribution in [1.82, 2.24) is 16.0 Å². The van der Waals surface area contributed by atoms with Gasteiger partial charge in [-0.25, -0.2) is 4.79 Å². The molecule has 0 fully saturated rings. The molecule has 2 atom stereocenters. The summed E-state index contributed by atoms with van der Waals surface area (Å²) in [5, 5.41) is 9.78. The van der Waals surface area contributed by atoms with Crippen molar-refractivity contribution < 1.29 is 9.53 Å². The van der Waals surface area contributed by atoms with Crippen molar-refractivity contribution in [2.45, 2.75) is 91.8 Å². The van der Waals surface area contributed by atoms with Gasteiger partial charge in [-0.2, -0.15) is 0 Å². The second-order valence-electron chi connectivity index (χ2n) is 7.37. The molecular formula is C19H41N3O2. The van der Waals surface area contributed by atoms with Gasteiger partial charge in [-0.05, 0) is 38.6 Å². The van der Waals surface area contributed by atoms with Gasteiger partial charge in [-0.3, -0.25) is 0 Å². The van der Waals surface area contributed by atoms with Gasteiger partial charge in [0.05, 0.1) is 0 Å². The summed E-state index contributed by atoms with van der Waals surface area (Å²) in [6.07, 6.45) is 5.32. The fourth-order valence-corrected chi connectivity index (χ4v) is 2.32. The second kappa shape index (κ2) is 14.5. The van der Waals surface area contributed by atoms with Crippen molar-refractivity contribution in [1.29, 1.82) is 0 Å². The third-order valence-electron chi connectivity index (χ3n) is 4.24. The normalized spacial score (nSPS) is 14.0. The molecule has 0 aromatic carbocycles. The van der Waals surface area contributed by atoms with Gasteiger partial charge in [0, 0.05) is 24.7 Å². The van der Waals surface area contributed by atoms with E-state index in [1.165, 1.54) is 12.8 Å². The Morgan fingerprint density at radius 2 is 1.58 bits per heavy atom. The molecule has 5 heteroatoms. The molecule has 0 saturated heterocycles. The van der Waals surface area contributed by atoms with Crippen LogP contribution in [0.5, 0.6) is 0 Å². The lowest BCUT2D eigenvalue weighted by Crippen LogP contribution is -2.44. The molecular weight excluding hydrogens is 302 g/mol. The molecule has 0 rings (SSSR count). The number of alkyl carbamates (subject to hydrolysis) is 1. The lowest BCUT2D eigenvalue weighted by Gasteiger charge is -2.25. The number of nitrogens with one attached hydrogen (secondary N) is 3. The van der Waals surface area contributed by atoms with Gasteiger partial charge >= 0.3 is 6.09 Å². The second-order valence-corrected chi connectivity index (χ2v) is 7.37. The topological polar surface area (TPSA) is 62.4 Å². The molecule has 0 aromatic heterocycles. The summed E-state index contributed by atoms with van der Waals surface area (Å²) in [7, 11) is 0. The average Bonchev–Trinajstić information content (AvgIpc) is 2.52. The Balaban J connectivity index is 3.67. The van der Waals surface area contributed by atoms with E-state index in [-0.39, 0.29) is 12.1 Å². The molecule has 3 N–H and O–H groups in total. The van der Waals surface area contributed by atoms with E-state index in [0.29, 0.717) is 31.2 Å². The Labute approximate surface area is 149 Å². The quantitative estimate of drug-likeness (QED) is 0.421. The van der Waals surface area contributed by atoms with Crippen LogP contribution in [0.4, 0.5) is 4.79 Å². The van der Waals surface area contributed by atoms with Crippen molar-refractivity contribution in [3.8, 4) is 0 Å². The number of hydrogen-bond donors (Lipinski definition) is 3. The highest BCUT2D eigenvalue weighted by atomic mass is 16.5. The lowest BCUT2D eigenvalue weighted by atomic mass is 10.0. The van der Waals surface area contributed by atoms with Crippen molar-refractivity contribution >= 4 is 6.09 Å². The first-order valence-corrected chi connectivity index (χ1v) is 9.76. The highest BCUT2D eigenvalue weighted by Gasteiger charge is 2.17. The third-order valence-corrected chi connectivity index (χ3v) is 4.24. The molecule has 5 nitrogen and oxygen atoms in total. The Morgan fingerprint density at radius 1 is 0.958 bits per heavy atom. The van der Waals surface area contributed by atoms with Crippen LogP contribution in [0, 0.1) is 5.92 Å². The van der Waals surface area contributed by atoms with Gasteiger partial charge in [-0.1, -0.05) is 47.5 Å². The van der Waals surface area contributed by atoms with E-state index in [1.54, 1.807) is 0 Å². The number of amides is 1. The predicted octanol–water partition coefficient (Wildman–Crippen LogP) is 3.68. The fraction of sp³-hybridized carbons (Fsp3) is 0.947. The maximum Gasteiger partial charge on any atom is 0.407 e. The SMILES string of the molecule is CCC(C)N[C@@H](COC(=O)NCCCCCCNC(C)C)C(C)C. The van der Waals surface area contributed by atoms with Gasteiger partial charge in [0.2, 0.25) is 0 Å². The molecule has 144 valence electrons. The molecule has 1 amide bonds. The van der Waals surface area contributed by atoms with Crippen LogP contribution in [0.25, 0.3) is 0 Å². The van der Waals surface area contributed by atoms with Crippen molar-refractivity contribution in [2.75, 3.05) is 19.7 Å². The van der Waals surface area contributed by atoms with E-state index in [1.807, 2.05) is 0 Å². The zero-order valence-corrected chi connectivity index (χ0v) is 16.8. The predicted molar refractivity (Wildman–Crippen MR) is 102 cm³/mol. The lowest BCUT2D eigenvalue weighted by molar-refractivity contribution is 0.121. The zero-order chi connectivity index (χ0) is 18.4. The molecule has 0 spiro atoms. The Bertz CT molecular complexity index is 309. The van der Waals surface area contributed by atoms with E-state index < -0.39 is 0 Å². The van der Waals surface area contributed by atoms with Crippen molar-refractivity contribution in [3.63, 3.8) is 0 Å². The first-order chi connectivity index (χ1) is 11.4. The molecule has 0 aliphatic rings. The molecule has 0 aliphatic heterocycles. The smallest absolute Gasteiger partial charge is 0.407 e. The van der Waals surface area contributed by atoms with E-state index >= 15 is 0 Å². The number of ether oxygens (including phenoxy) is 1. The highest BCUT2D eigenvalue weighted by Crippen LogP contribution is 2.05. The zero-order valence-electron chi connectivity index (χ0n) is 16.8. The molecule has 0 radical (unpaired) electrons. The van der Waals surface area contributed by atoms with Gasteiger partial charge in [-0.15, -0.1) is 0 Å². The maximum absolute atomic E-state index is 11.8. The van der Waals surface area contributed by atoms with Gasteiger partial charge < -0.3 is 20.7 Å². The van der Waals surface area contributed by atoms with Crippen molar-refractivity contribution in [3.05, 3.63) is 0 Å². The largest absolute Gasteiger partial charge is 0.448 e. The molecule has 0 aliphatic carbocycles. The number of carbonyl (C=O) groups excluding carboxylic acids is 1. The maximum atomic E-state index is 11.8. The minimum atomic E-state index is -0.298. The van der Waals surface area contributed by atoms with Crippen LogP contribution in [0.1, 0.15) is 73.6 Å². The summed E-state index contributed by atoms with van der Waals surface area (Å²) < 4.78 is 5.36. The first-order valence-electron chi connectivity index (χ1n) is 9.76. The average molecular weight is 344 g/mol. The highest BCUT2D eigenvalue weighted by molar-refractivity contribution is 5.67. The molecule has 0 aromatic rings. The van der Waals surface area contributed by atoms with E-state index in [9.17, 15) is 4.79 Å². The Hall–Kier alpha value is -0.810. The molecule has 1 unspecified atom stereocenters. The van der Waals surface area contributed by atoms with Crippen LogP contribution in [-0.2, 0) is 4.74 Å². The van der Waals surface area contributed by atoms with E-state index in [4.69, 9.17) is 4.74 Å². The van der Waals surface area contributed by atoms with Crippen LogP contribution in [-0.4, -0.2) is 43.9 Å². The van der Waals surface area contributed by atoms with Crippen LogP contribution in [0.15, 0.2) is 0 Å². The number of hydrogen-bond acceptors (Lipinski definition) is 4. The molecule has 0 heterocycles. The first kappa shape index (κ1) is 23.2. The Kier molecular flexibility index (Phi) is 14.0. The van der Waals surface area contributed by atoms with Gasteiger partial charge in [0.15, 0.2) is 0 Å². The van der Waals surface area contributed by atoms with Crippen LogP contribution >= 0.6 is 0 Å². The van der Waals surface area contributed by atoms with Crippen LogP contribution < -0.4 is 16.0 Å². The van der Waals surface area contributed by atoms with Gasteiger partial charge in [0.1, 0.15) is 6.61 Å². The summed E-state index contributed by atoms with van der Waals surface area (Å²) in [5.41, 5.74) is 0. The number of carbonyl (C=O) groups is 1. The monoisotopic (exact) mass is 343 g/mol. The molecule has 24 heavy (non-hydrogen) atoms.